The molecular weight excluding hydrogens is 500 g/mol. The fourth-order valence-corrected chi connectivity index (χ4v) is 4.77. The smallest absolute Gasteiger partial charge is 0.410 e. The monoisotopic (exact) mass is 552 g/mol. The number of piperazine rings is 1. The number of aliphatic hydroxyl groups excluding tert-OH is 1. The van der Waals surface area contributed by atoms with Crippen LogP contribution in [-0.4, -0.2) is 83.5 Å². The molecule has 0 saturated carbocycles. The topological polar surface area (TPSA) is 106 Å². The molecule has 0 aromatic carbocycles. The van der Waals surface area contributed by atoms with E-state index in [9.17, 15) is 19.5 Å². The zero-order chi connectivity index (χ0) is 28.7. The number of ether oxygens (including phenoxy) is 3. The predicted molar refractivity (Wildman–Crippen MR) is 150 cm³/mol. The molecule has 224 valence electrons. The van der Waals surface area contributed by atoms with E-state index < -0.39 is 29.9 Å². The van der Waals surface area contributed by atoms with Crippen molar-refractivity contribution in [2.24, 2.45) is 0 Å². The van der Waals surface area contributed by atoms with Crippen LogP contribution in [0.4, 0.5) is 4.79 Å². The van der Waals surface area contributed by atoms with E-state index in [0.717, 1.165) is 12.8 Å². The molecule has 2 unspecified atom stereocenters. The molecule has 2 heterocycles. The molecule has 0 radical (unpaired) electrons. The Labute approximate surface area is 235 Å². The molecule has 1 N–H and O–H groups in total. The fraction of sp³-hybridized carbons (Fsp3) is 0.833. The van der Waals surface area contributed by atoms with Crippen molar-refractivity contribution in [1.82, 2.24) is 9.80 Å². The lowest BCUT2D eigenvalue weighted by Crippen LogP contribution is -2.52. The third-order valence-electron chi connectivity index (χ3n) is 7.11. The first-order valence-corrected chi connectivity index (χ1v) is 15.1. The van der Waals surface area contributed by atoms with Crippen LogP contribution in [0.5, 0.6) is 0 Å². The van der Waals surface area contributed by atoms with Crippen molar-refractivity contribution < 1.29 is 33.7 Å². The van der Waals surface area contributed by atoms with Gasteiger partial charge in [-0.15, -0.1) is 0 Å². The second kappa shape index (κ2) is 17.4. The number of esters is 1. The van der Waals surface area contributed by atoms with Gasteiger partial charge in [0.05, 0.1) is 0 Å². The highest BCUT2D eigenvalue weighted by molar-refractivity contribution is 5.82. The highest BCUT2D eigenvalue weighted by atomic mass is 16.6. The number of carbonyl (C=O) groups is 3. The number of hydrogen-bond acceptors (Lipinski definition) is 7. The molecule has 9 nitrogen and oxygen atoms in total. The number of amides is 2. The molecule has 2 atom stereocenters. The summed E-state index contributed by atoms with van der Waals surface area (Å²) in [5.41, 5.74) is -0.571. The van der Waals surface area contributed by atoms with E-state index in [2.05, 4.69) is 6.92 Å². The summed E-state index contributed by atoms with van der Waals surface area (Å²) in [4.78, 5) is 40.3. The third kappa shape index (κ3) is 13.1. The summed E-state index contributed by atoms with van der Waals surface area (Å²) in [6.07, 6.45) is 14.5. The minimum absolute atomic E-state index is 0.310. The van der Waals surface area contributed by atoms with E-state index in [-0.39, 0.29) is 12.5 Å². The molecule has 2 amide bonds. The lowest BCUT2D eigenvalue weighted by Gasteiger charge is -2.35. The average molecular weight is 553 g/mol. The first-order chi connectivity index (χ1) is 18.6. The highest BCUT2D eigenvalue weighted by Gasteiger charge is 2.32. The van der Waals surface area contributed by atoms with E-state index >= 15 is 0 Å². The lowest BCUT2D eigenvalue weighted by atomic mass is 10.0. The Kier molecular flexibility index (Phi) is 14.7. The van der Waals surface area contributed by atoms with Crippen molar-refractivity contribution in [3.05, 3.63) is 11.8 Å². The molecule has 0 aromatic heterocycles. The summed E-state index contributed by atoms with van der Waals surface area (Å²) < 4.78 is 16.2. The van der Waals surface area contributed by atoms with Crippen LogP contribution in [0.3, 0.4) is 0 Å². The summed E-state index contributed by atoms with van der Waals surface area (Å²) in [7, 11) is 0. The van der Waals surface area contributed by atoms with E-state index in [4.69, 9.17) is 14.2 Å². The van der Waals surface area contributed by atoms with Gasteiger partial charge in [-0.25, -0.2) is 9.59 Å². The van der Waals surface area contributed by atoms with Crippen molar-refractivity contribution in [3.63, 3.8) is 0 Å². The predicted octanol–water partition coefficient (Wildman–Crippen LogP) is 5.34. The van der Waals surface area contributed by atoms with Gasteiger partial charge in [0.25, 0.3) is 5.91 Å². The van der Waals surface area contributed by atoms with Crippen molar-refractivity contribution in [2.45, 2.75) is 129 Å². The summed E-state index contributed by atoms with van der Waals surface area (Å²) >= 11 is 0. The van der Waals surface area contributed by atoms with Crippen molar-refractivity contribution >= 4 is 18.0 Å². The van der Waals surface area contributed by atoms with Gasteiger partial charge >= 0.3 is 12.1 Å². The maximum atomic E-state index is 12.5. The summed E-state index contributed by atoms with van der Waals surface area (Å²) in [6.45, 7) is 8.74. The summed E-state index contributed by atoms with van der Waals surface area (Å²) in [5, 5.41) is 10.5. The summed E-state index contributed by atoms with van der Waals surface area (Å²) in [5.74, 6) is -0.493. The normalized spacial score (nSPS) is 18.4. The molecule has 2 rings (SSSR count). The van der Waals surface area contributed by atoms with E-state index in [1.165, 1.54) is 57.8 Å². The zero-order valence-corrected chi connectivity index (χ0v) is 24.8. The minimum Gasteiger partial charge on any atom is -0.480 e. The van der Waals surface area contributed by atoms with Crippen molar-refractivity contribution in [2.75, 3.05) is 32.8 Å². The Bertz CT molecular complexity index is 785. The van der Waals surface area contributed by atoms with Gasteiger partial charge in [0.1, 0.15) is 17.5 Å². The number of rotatable bonds is 16. The van der Waals surface area contributed by atoms with Gasteiger partial charge in [-0.3, -0.25) is 4.79 Å². The number of unbranched alkanes of at least 4 members (excludes halogenated alkanes) is 10. The highest BCUT2D eigenvalue weighted by Crippen LogP contribution is 2.24. The molecule has 0 bridgehead atoms. The molecule has 2 aliphatic heterocycles. The third-order valence-corrected chi connectivity index (χ3v) is 7.11. The number of aliphatic hydroxyl groups is 1. The second-order valence-corrected chi connectivity index (χ2v) is 11.7. The van der Waals surface area contributed by atoms with Crippen LogP contribution >= 0.6 is 0 Å². The Balaban J connectivity index is 1.54. The maximum Gasteiger partial charge on any atom is 0.410 e. The standard InChI is InChI=1S/C30H52N2O7/c1-5-6-7-8-9-10-11-12-13-14-15-16-24(33)25-17-18-26(38-25)28(35)37-23-27(34)31-19-21-32(22-20-31)29(36)39-30(2,3)4/h17,24,26,33H,5-16,18-23H2,1-4H3. The van der Waals surface area contributed by atoms with Gasteiger partial charge in [-0.1, -0.05) is 77.6 Å². The second-order valence-electron chi connectivity index (χ2n) is 11.7. The van der Waals surface area contributed by atoms with Crippen LogP contribution in [0, 0.1) is 0 Å². The molecule has 1 saturated heterocycles. The van der Waals surface area contributed by atoms with Gasteiger partial charge in [0, 0.05) is 32.6 Å². The number of hydrogen-bond donors (Lipinski definition) is 1. The van der Waals surface area contributed by atoms with Crippen LogP contribution in [0.2, 0.25) is 0 Å². The molecular formula is C30H52N2O7. The van der Waals surface area contributed by atoms with Gasteiger partial charge in [-0.05, 0) is 33.3 Å². The average Bonchev–Trinajstić information content (AvgIpc) is 3.40. The van der Waals surface area contributed by atoms with Crippen LogP contribution in [0.1, 0.15) is 111 Å². The van der Waals surface area contributed by atoms with Gasteiger partial charge in [0.15, 0.2) is 12.7 Å². The van der Waals surface area contributed by atoms with Gasteiger partial charge in [-0.2, -0.15) is 0 Å². The molecule has 1 fully saturated rings. The van der Waals surface area contributed by atoms with Crippen molar-refractivity contribution in [3.8, 4) is 0 Å². The zero-order valence-electron chi connectivity index (χ0n) is 24.8. The number of carbonyl (C=O) groups excluding carboxylic acids is 3. The molecule has 0 spiro atoms. The van der Waals surface area contributed by atoms with Crippen LogP contribution in [0.25, 0.3) is 0 Å². The molecule has 39 heavy (non-hydrogen) atoms. The summed E-state index contributed by atoms with van der Waals surface area (Å²) in [6, 6.07) is 0. The van der Waals surface area contributed by atoms with E-state index in [1.54, 1.807) is 15.9 Å². The molecule has 0 aromatic rings. The van der Waals surface area contributed by atoms with Crippen LogP contribution in [0.15, 0.2) is 11.8 Å². The number of nitrogens with zero attached hydrogens (tertiary/aromatic N) is 2. The largest absolute Gasteiger partial charge is 0.480 e. The first kappa shape index (κ1) is 32.9. The van der Waals surface area contributed by atoms with Crippen molar-refractivity contribution in [1.29, 1.82) is 0 Å². The minimum atomic E-state index is -0.830. The molecule has 0 aliphatic carbocycles. The Morgan fingerprint density at radius 1 is 0.923 bits per heavy atom. The quantitative estimate of drug-likeness (QED) is 0.203. The SMILES string of the molecule is CCCCCCCCCCCCCC(O)C1=CCC(C(=O)OCC(=O)N2CCN(C(=O)OC(C)(C)C)CC2)O1. The Morgan fingerprint density at radius 3 is 2.03 bits per heavy atom. The lowest BCUT2D eigenvalue weighted by molar-refractivity contribution is -0.160. The molecule has 9 heteroatoms. The Morgan fingerprint density at radius 2 is 1.46 bits per heavy atom. The van der Waals surface area contributed by atoms with Crippen LogP contribution in [-0.2, 0) is 23.8 Å². The van der Waals surface area contributed by atoms with E-state index in [0.29, 0.717) is 44.8 Å². The Hall–Kier alpha value is -2.29. The van der Waals surface area contributed by atoms with E-state index in [1.807, 2.05) is 20.8 Å². The van der Waals surface area contributed by atoms with Gasteiger partial charge in [0.2, 0.25) is 0 Å². The van der Waals surface area contributed by atoms with Crippen LogP contribution < -0.4 is 0 Å². The maximum absolute atomic E-state index is 12.5. The van der Waals surface area contributed by atoms with Gasteiger partial charge < -0.3 is 29.1 Å². The molecule has 2 aliphatic rings. The fourth-order valence-electron chi connectivity index (χ4n) is 4.77. The first-order valence-electron chi connectivity index (χ1n) is 15.1.